The molecule has 3 rings (SSSR count). The second-order valence-corrected chi connectivity index (χ2v) is 6.38. The van der Waals surface area contributed by atoms with Crippen LogP contribution >= 0.6 is 23.1 Å². The fraction of sp³-hybridized carbons (Fsp3) is 0.357. The molecular formula is C14H15NOS2. The largest absolute Gasteiger partial charge is 0.388 e. The van der Waals surface area contributed by atoms with Crippen molar-refractivity contribution in [2.24, 2.45) is 0 Å². The monoisotopic (exact) mass is 277 g/mol. The van der Waals surface area contributed by atoms with Gasteiger partial charge in [0.1, 0.15) is 5.01 Å². The number of nitrogens with zero attached hydrogens (tertiary/aromatic N) is 1. The van der Waals surface area contributed by atoms with Gasteiger partial charge in [-0.05, 0) is 37.7 Å². The van der Waals surface area contributed by atoms with E-state index < -0.39 is 0 Å². The Morgan fingerprint density at radius 1 is 1.33 bits per heavy atom. The molecule has 1 atom stereocenters. The van der Waals surface area contributed by atoms with Crippen LogP contribution in [0.4, 0.5) is 0 Å². The highest BCUT2D eigenvalue weighted by Crippen LogP contribution is 2.37. The summed E-state index contributed by atoms with van der Waals surface area (Å²) in [5, 5.41) is 11.0. The lowest BCUT2D eigenvalue weighted by molar-refractivity contribution is 0.160. The second-order valence-electron chi connectivity index (χ2n) is 4.47. The third-order valence-electron chi connectivity index (χ3n) is 3.26. The molecule has 1 aromatic carbocycles. The third kappa shape index (κ3) is 2.20. The molecule has 0 fully saturated rings. The van der Waals surface area contributed by atoms with E-state index in [1.807, 2.05) is 0 Å². The SMILES string of the molecule is CSc1ccc(-c2nc3c(s2)C(O)CCC3)cc1. The molecule has 1 aromatic heterocycles. The van der Waals surface area contributed by atoms with Crippen LogP contribution in [0.25, 0.3) is 10.6 Å². The molecular weight excluding hydrogens is 262 g/mol. The summed E-state index contributed by atoms with van der Waals surface area (Å²) in [7, 11) is 0. The molecule has 0 bridgehead atoms. The Balaban J connectivity index is 1.96. The molecule has 1 aliphatic carbocycles. The van der Waals surface area contributed by atoms with Crippen LogP contribution in [0.3, 0.4) is 0 Å². The van der Waals surface area contributed by atoms with E-state index >= 15 is 0 Å². The van der Waals surface area contributed by atoms with Gasteiger partial charge >= 0.3 is 0 Å². The van der Waals surface area contributed by atoms with Gasteiger partial charge in [-0.2, -0.15) is 0 Å². The average Bonchev–Trinajstić information content (AvgIpc) is 2.84. The molecule has 1 N–H and O–H groups in total. The molecule has 0 spiro atoms. The maximum absolute atomic E-state index is 9.97. The van der Waals surface area contributed by atoms with E-state index in [0.717, 1.165) is 40.4 Å². The quantitative estimate of drug-likeness (QED) is 0.845. The van der Waals surface area contributed by atoms with E-state index in [-0.39, 0.29) is 6.10 Å². The lowest BCUT2D eigenvalue weighted by Gasteiger charge is -2.14. The lowest BCUT2D eigenvalue weighted by Crippen LogP contribution is -2.06. The van der Waals surface area contributed by atoms with E-state index in [9.17, 15) is 5.11 Å². The minimum absolute atomic E-state index is 0.300. The third-order valence-corrected chi connectivity index (χ3v) is 5.25. The van der Waals surface area contributed by atoms with Gasteiger partial charge in [-0.25, -0.2) is 4.98 Å². The standard InChI is InChI=1S/C14H15NOS2/c1-17-10-7-5-9(6-8-10)14-15-11-3-2-4-12(16)13(11)18-14/h5-8,12,16H,2-4H2,1H3. The van der Waals surface area contributed by atoms with E-state index in [1.165, 1.54) is 4.90 Å². The maximum Gasteiger partial charge on any atom is 0.123 e. The van der Waals surface area contributed by atoms with Crippen molar-refractivity contribution in [1.82, 2.24) is 4.98 Å². The number of thiazole rings is 1. The zero-order chi connectivity index (χ0) is 12.5. The van der Waals surface area contributed by atoms with Crippen molar-refractivity contribution < 1.29 is 5.11 Å². The Morgan fingerprint density at radius 3 is 2.78 bits per heavy atom. The van der Waals surface area contributed by atoms with Crippen molar-refractivity contribution in [2.45, 2.75) is 30.3 Å². The summed E-state index contributed by atoms with van der Waals surface area (Å²) in [6, 6.07) is 8.47. The first-order valence-electron chi connectivity index (χ1n) is 6.10. The zero-order valence-electron chi connectivity index (χ0n) is 10.2. The topological polar surface area (TPSA) is 33.1 Å². The molecule has 1 unspecified atom stereocenters. The minimum Gasteiger partial charge on any atom is -0.388 e. The van der Waals surface area contributed by atoms with Gasteiger partial charge in [0.2, 0.25) is 0 Å². The van der Waals surface area contributed by atoms with Gasteiger partial charge in [0.15, 0.2) is 0 Å². The predicted octanol–water partition coefficient (Wildman–Crippen LogP) is 3.90. The Morgan fingerprint density at radius 2 is 2.11 bits per heavy atom. The summed E-state index contributed by atoms with van der Waals surface area (Å²) in [6.07, 6.45) is 4.70. The van der Waals surface area contributed by atoms with Crippen LogP contribution in [-0.4, -0.2) is 16.3 Å². The van der Waals surface area contributed by atoms with Gasteiger partial charge in [-0.15, -0.1) is 23.1 Å². The van der Waals surface area contributed by atoms with Crippen LogP contribution in [0.2, 0.25) is 0 Å². The molecule has 0 saturated carbocycles. The Labute approximate surface area is 115 Å². The first-order chi connectivity index (χ1) is 8.78. The van der Waals surface area contributed by atoms with Gasteiger partial charge < -0.3 is 5.11 Å². The molecule has 0 radical (unpaired) electrons. The molecule has 94 valence electrons. The average molecular weight is 277 g/mol. The molecule has 18 heavy (non-hydrogen) atoms. The van der Waals surface area contributed by atoms with Crippen LogP contribution < -0.4 is 0 Å². The molecule has 0 amide bonds. The van der Waals surface area contributed by atoms with Gasteiger partial charge in [-0.3, -0.25) is 0 Å². The van der Waals surface area contributed by atoms with E-state index in [1.54, 1.807) is 23.1 Å². The van der Waals surface area contributed by atoms with Crippen LogP contribution in [0.1, 0.15) is 29.5 Å². The summed E-state index contributed by atoms with van der Waals surface area (Å²) in [5.41, 5.74) is 2.25. The smallest absolute Gasteiger partial charge is 0.123 e. The fourth-order valence-electron chi connectivity index (χ4n) is 2.25. The molecule has 2 aromatic rings. The van der Waals surface area contributed by atoms with Crippen molar-refractivity contribution in [2.75, 3.05) is 6.26 Å². The number of aromatic nitrogens is 1. The van der Waals surface area contributed by atoms with E-state index in [2.05, 4.69) is 35.5 Å². The van der Waals surface area contributed by atoms with Crippen LogP contribution in [-0.2, 0) is 6.42 Å². The number of hydrogen-bond donors (Lipinski definition) is 1. The Hall–Kier alpha value is -0.840. The summed E-state index contributed by atoms with van der Waals surface area (Å²) in [5.74, 6) is 0. The molecule has 1 aliphatic rings. The number of aryl methyl sites for hydroxylation is 1. The number of fused-ring (bicyclic) bond motifs is 1. The number of benzene rings is 1. The molecule has 1 heterocycles. The lowest BCUT2D eigenvalue weighted by atomic mass is 10.0. The van der Waals surface area contributed by atoms with Gasteiger partial charge in [0.25, 0.3) is 0 Å². The highest BCUT2D eigenvalue weighted by atomic mass is 32.2. The minimum atomic E-state index is -0.300. The summed E-state index contributed by atoms with van der Waals surface area (Å²) in [4.78, 5) is 7.02. The van der Waals surface area contributed by atoms with E-state index in [4.69, 9.17) is 0 Å². The molecule has 4 heteroatoms. The van der Waals surface area contributed by atoms with Gasteiger partial charge in [0.05, 0.1) is 16.7 Å². The van der Waals surface area contributed by atoms with Gasteiger partial charge in [0, 0.05) is 10.5 Å². The molecule has 2 nitrogen and oxygen atoms in total. The summed E-state index contributed by atoms with van der Waals surface area (Å²) in [6.45, 7) is 0. The predicted molar refractivity (Wildman–Crippen MR) is 77.2 cm³/mol. The van der Waals surface area contributed by atoms with Crippen molar-refractivity contribution in [3.8, 4) is 10.6 Å². The van der Waals surface area contributed by atoms with Gasteiger partial charge in [-0.1, -0.05) is 12.1 Å². The second kappa shape index (κ2) is 5.03. The highest BCUT2D eigenvalue weighted by molar-refractivity contribution is 7.98. The highest BCUT2D eigenvalue weighted by Gasteiger charge is 2.22. The van der Waals surface area contributed by atoms with Crippen molar-refractivity contribution in [3.05, 3.63) is 34.8 Å². The molecule has 0 saturated heterocycles. The summed E-state index contributed by atoms with van der Waals surface area (Å²) >= 11 is 3.39. The first kappa shape index (κ1) is 12.2. The van der Waals surface area contributed by atoms with Crippen molar-refractivity contribution in [3.63, 3.8) is 0 Å². The van der Waals surface area contributed by atoms with Crippen molar-refractivity contribution >= 4 is 23.1 Å². The maximum atomic E-state index is 9.97. The van der Waals surface area contributed by atoms with E-state index in [0.29, 0.717) is 0 Å². The fourth-order valence-corrected chi connectivity index (χ4v) is 3.80. The van der Waals surface area contributed by atoms with Crippen LogP contribution in [0, 0.1) is 0 Å². The van der Waals surface area contributed by atoms with Crippen molar-refractivity contribution in [1.29, 1.82) is 0 Å². The number of thioether (sulfide) groups is 1. The number of aliphatic hydroxyl groups excluding tert-OH is 1. The summed E-state index contributed by atoms with van der Waals surface area (Å²) < 4.78 is 0. The number of hydrogen-bond acceptors (Lipinski definition) is 4. The zero-order valence-corrected chi connectivity index (χ0v) is 11.9. The molecule has 0 aliphatic heterocycles. The number of rotatable bonds is 2. The number of aliphatic hydroxyl groups is 1. The normalized spacial score (nSPS) is 18.7. The Bertz CT molecular complexity index is 547. The first-order valence-corrected chi connectivity index (χ1v) is 8.14. The van der Waals surface area contributed by atoms with Crippen LogP contribution in [0.15, 0.2) is 29.2 Å². The van der Waals surface area contributed by atoms with Crippen LogP contribution in [0.5, 0.6) is 0 Å². The Kier molecular flexibility index (Phi) is 3.41.